The van der Waals surface area contributed by atoms with E-state index in [1.54, 1.807) is 0 Å². The second kappa shape index (κ2) is 7.73. The number of benzene rings is 2. The van der Waals surface area contributed by atoms with Gasteiger partial charge >= 0.3 is 0 Å². The van der Waals surface area contributed by atoms with Crippen LogP contribution in [0.5, 0.6) is 0 Å². The Morgan fingerprint density at radius 3 is 2.57 bits per heavy atom. The van der Waals surface area contributed by atoms with Gasteiger partial charge in [-0.1, -0.05) is 41.9 Å². The van der Waals surface area contributed by atoms with Crippen molar-refractivity contribution in [2.24, 2.45) is 5.92 Å². The van der Waals surface area contributed by atoms with Gasteiger partial charge in [-0.05, 0) is 36.1 Å². The molecule has 4 rings (SSSR count). The van der Waals surface area contributed by atoms with Crippen molar-refractivity contribution in [2.75, 3.05) is 10.6 Å². The molecule has 1 heterocycles. The second-order valence-electron chi connectivity index (χ2n) is 6.76. The van der Waals surface area contributed by atoms with Gasteiger partial charge in [0.05, 0.1) is 5.69 Å². The maximum atomic E-state index is 12.5. The topological polar surface area (TPSA) is 71.1 Å². The molecule has 2 amide bonds. The van der Waals surface area contributed by atoms with Crippen molar-refractivity contribution < 1.29 is 9.59 Å². The van der Waals surface area contributed by atoms with E-state index in [0.29, 0.717) is 10.2 Å². The van der Waals surface area contributed by atoms with Crippen LogP contribution in [0.15, 0.2) is 53.9 Å². The molecule has 2 aromatic carbocycles. The van der Waals surface area contributed by atoms with Crippen LogP contribution in [0.1, 0.15) is 24.8 Å². The first-order valence-corrected chi connectivity index (χ1v) is 10.2. The smallest absolute Gasteiger partial charge is 0.229 e. The third-order valence-corrected chi connectivity index (χ3v) is 5.77. The van der Waals surface area contributed by atoms with Crippen molar-refractivity contribution in [3.05, 3.63) is 64.5 Å². The van der Waals surface area contributed by atoms with Gasteiger partial charge in [-0.25, -0.2) is 4.98 Å². The van der Waals surface area contributed by atoms with E-state index >= 15 is 0 Å². The van der Waals surface area contributed by atoms with Crippen LogP contribution in [0.3, 0.4) is 0 Å². The molecule has 2 atom stereocenters. The van der Waals surface area contributed by atoms with Crippen LogP contribution in [-0.2, 0) is 9.59 Å². The van der Waals surface area contributed by atoms with Gasteiger partial charge < -0.3 is 10.6 Å². The molecule has 3 aromatic rings. The second-order valence-corrected chi connectivity index (χ2v) is 8.02. The molecule has 0 bridgehead atoms. The fourth-order valence-corrected chi connectivity index (χ4v) is 4.19. The highest BCUT2D eigenvalue weighted by Crippen LogP contribution is 2.50. The Hall–Kier alpha value is -2.70. The molecule has 0 spiro atoms. The predicted molar refractivity (Wildman–Crippen MR) is 113 cm³/mol. The third kappa shape index (κ3) is 4.08. The molecular formula is C21H18ClN3O2S. The number of carbonyl (C=O) groups excluding carboxylic acids is 2. The van der Waals surface area contributed by atoms with E-state index in [4.69, 9.17) is 11.6 Å². The molecule has 7 heteroatoms. The van der Waals surface area contributed by atoms with Crippen molar-refractivity contribution in [1.82, 2.24) is 4.98 Å². The summed E-state index contributed by atoms with van der Waals surface area (Å²) in [6, 6.07) is 15.1. The van der Waals surface area contributed by atoms with Crippen LogP contribution in [0.4, 0.5) is 10.8 Å². The highest BCUT2D eigenvalue weighted by molar-refractivity contribution is 7.14. The van der Waals surface area contributed by atoms with Gasteiger partial charge in [0.1, 0.15) is 0 Å². The molecule has 2 N–H and O–H groups in total. The average Bonchev–Trinajstić information content (AvgIpc) is 3.33. The summed E-state index contributed by atoms with van der Waals surface area (Å²) in [5.74, 6) is -0.0213. The number of nitrogens with zero attached hydrogens (tertiary/aromatic N) is 1. The number of aromatic nitrogens is 1. The molecular weight excluding hydrogens is 394 g/mol. The predicted octanol–water partition coefficient (Wildman–Crippen LogP) is 5.16. The maximum Gasteiger partial charge on any atom is 0.229 e. The summed E-state index contributed by atoms with van der Waals surface area (Å²) >= 11 is 7.63. The lowest BCUT2D eigenvalue weighted by molar-refractivity contribution is -0.117. The fraction of sp³-hybridized carbons (Fsp3) is 0.190. The van der Waals surface area contributed by atoms with Gasteiger partial charge in [-0.15, -0.1) is 11.3 Å². The first-order chi connectivity index (χ1) is 13.5. The Balaban J connectivity index is 1.39. The molecule has 28 heavy (non-hydrogen) atoms. The van der Waals surface area contributed by atoms with E-state index < -0.39 is 0 Å². The number of anilines is 2. The summed E-state index contributed by atoms with van der Waals surface area (Å²) in [7, 11) is 0. The first-order valence-electron chi connectivity index (χ1n) is 8.90. The van der Waals surface area contributed by atoms with E-state index in [2.05, 4.69) is 15.6 Å². The Morgan fingerprint density at radius 2 is 1.86 bits per heavy atom. The van der Waals surface area contributed by atoms with Crippen LogP contribution in [0.2, 0.25) is 5.02 Å². The molecule has 142 valence electrons. The summed E-state index contributed by atoms with van der Waals surface area (Å²) in [5, 5.41) is 8.85. The Bertz CT molecular complexity index is 1030. The van der Waals surface area contributed by atoms with Crippen LogP contribution >= 0.6 is 22.9 Å². The summed E-state index contributed by atoms with van der Waals surface area (Å²) in [6.07, 6.45) is 0.804. The van der Waals surface area contributed by atoms with E-state index in [-0.39, 0.29) is 23.7 Å². The number of thiazole rings is 1. The minimum atomic E-state index is -0.110. The van der Waals surface area contributed by atoms with Gasteiger partial charge in [0, 0.05) is 34.5 Å². The minimum Gasteiger partial charge on any atom is -0.326 e. The number of hydrogen-bond acceptors (Lipinski definition) is 4. The van der Waals surface area contributed by atoms with Gasteiger partial charge in [0.2, 0.25) is 11.8 Å². The lowest BCUT2D eigenvalue weighted by Gasteiger charge is -2.04. The molecule has 1 aromatic heterocycles. The maximum absolute atomic E-state index is 12.5. The van der Waals surface area contributed by atoms with Crippen molar-refractivity contribution in [3.63, 3.8) is 0 Å². The number of nitrogens with one attached hydrogen (secondary N) is 2. The highest BCUT2D eigenvalue weighted by Gasteiger charge is 2.45. The van der Waals surface area contributed by atoms with Gasteiger partial charge in [-0.2, -0.15) is 0 Å². The third-order valence-electron chi connectivity index (χ3n) is 4.67. The quantitative estimate of drug-likeness (QED) is 0.608. The Kier molecular flexibility index (Phi) is 5.15. The molecule has 2 unspecified atom stereocenters. The van der Waals surface area contributed by atoms with Gasteiger partial charge in [-0.3, -0.25) is 9.59 Å². The normalized spacial score (nSPS) is 17.8. The number of halogens is 1. The monoisotopic (exact) mass is 411 g/mol. The minimum absolute atomic E-state index is 0.0215. The standard InChI is InChI=1S/C21H18ClN3O2S/c1-12(26)23-14-8-6-13(7-9-14)19-11-28-21(24-19)25-20(27)17-10-16(17)15-4-2-3-5-18(15)22/h2-9,11,16-17H,10H2,1H3,(H,23,26)(H,24,25,27). The SMILES string of the molecule is CC(=O)Nc1ccc(-c2csc(NC(=O)C3CC3c3ccccc3Cl)n2)cc1. The zero-order valence-corrected chi connectivity index (χ0v) is 16.7. The van der Waals surface area contributed by atoms with Gasteiger partial charge in [0.15, 0.2) is 5.13 Å². The van der Waals surface area contributed by atoms with Gasteiger partial charge in [0.25, 0.3) is 0 Å². The summed E-state index contributed by atoms with van der Waals surface area (Å²) in [6.45, 7) is 1.47. The van der Waals surface area contributed by atoms with E-state index in [0.717, 1.165) is 28.9 Å². The largest absolute Gasteiger partial charge is 0.326 e. The number of amides is 2. The van der Waals surface area contributed by atoms with Crippen molar-refractivity contribution >= 4 is 45.6 Å². The molecule has 0 radical (unpaired) electrons. The van der Waals surface area contributed by atoms with E-state index in [9.17, 15) is 9.59 Å². The summed E-state index contributed by atoms with van der Waals surface area (Å²) in [5.41, 5.74) is 3.47. The molecule has 1 aliphatic carbocycles. The van der Waals surface area contributed by atoms with Crippen LogP contribution in [0, 0.1) is 5.92 Å². The Morgan fingerprint density at radius 1 is 1.11 bits per heavy atom. The van der Waals surface area contributed by atoms with Crippen LogP contribution in [0.25, 0.3) is 11.3 Å². The van der Waals surface area contributed by atoms with Crippen molar-refractivity contribution in [2.45, 2.75) is 19.3 Å². The number of hydrogen-bond donors (Lipinski definition) is 2. The lowest BCUT2D eigenvalue weighted by atomic mass is 10.1. The van der Waals surface area contributed by atoms with E-state index in [1.165, 1.54) is 18.3 Å². The first kappa shape index (κ1) is 18.7. The van der Waals surface area contributed by atoms with Crippen molar-refractivity contribution in [1.29, 1.82) is 0 Å². The lowest BCUT2D eigenvalue weighted by Crippen LogP contribution is -2.14. The number of rotatable bonds is 5. The van der Waals surface area contributed by atoms with Crippen molar-refractivity contribution in [3.8, 4) is 11.3 Å². The molecule has 1 saturated carbocycles. The molecule has 0 aliphatic heterocycles. The zero-order chi connectivity index (χ0) is 19.7. The number of carbonyl (C=O) groups is 2. The summed E-state index contributed by atoms with van der Waals surface area (Å²) in [4.78, 5) is 28.1. The summed E-state index contributed by atoms with van der Waals surface area (Å²) < 4.78 is 0. The Labute approximate surface area is 171 Å². The average molecular weight is 412 g/mol. The van der Waals surface area contributed by atoms with Crippen LogP contribution < -0.4 is 10.6 Å². The van der Waals surface area contributed by atoms with E-state index in [1.807, 2.05) is 53.9 Å². The highest BCUT2D eigenvalue weighted by atomic mass is 35.5. The molecule has 5 nitrogen and oxygen atoms in total. The fourth-order valence-electron chi connectivity index (χ4n) is 3.19. The molecule has 1 fully saturated rings. The molecule has 0 saturated heterocycles. The van der Waals surface area contributed by atoms with Crippen LogP contribution in [-0.4, -0.2) is 16.8 Å². The zero-order valence-electron chi connectivity index (χ0n) is 15.1. The molecule has 1 aliphatic rings.